The van der Waals surface area contributed by atoms with Crippen LogP contribution in [0, 0.1) is 0 Å². The summed E-state index contributed by atoms with van der Waals surface area (Å²) in [6.07, 6.45) is -9.71. The monoisotopic (exact) mass is 600 g/mol. The average molecular weight is 601 g/mol. The number of nitrogens with zero attached hydrogens (tertiary/aromatic N) is 4. The summed E-state index contributed by atoms with van der Waals surface area (Å²) >= 11 is 0. The number of benzene rings is 2. The summed E-state index contributed by atoms with van der Waals surface area (Å²) < 4.78 is 86.1. The topological polar surface area (TPSA) is 57.6 Å². The molecule has 1 unspecified atom stereocenters. The maximum absolute atomic E-state index is 13.5. The van der Waals surface area contributed by atoms with Crippen molar-refractivity contribution in [1.82, 2.24) is 14.7 Å². The highest BCUT2D eigenvalue weighted by molar-refractivity contribution is 5.95. The van der Waals surface area contributed by atoms with E-state index < -0.39 is 41.0 Å². The number of ether oxygens (including phenoxy) is 1. The zero-order valence-electron chi connectivity index (χ0n) is 23.3. The van der Waals surface area contributed by atoms with Crippen LogP contribution < -0.4 is 0 Å². The lowest BCUT2D eigenvalue weighted by atomic mass is 9.99. The van der Waals surface area contributed by atoms with Crippen LogP contribution in [0.3, 0.4) is 0 Å². The fourth-order valence-electron chi connectivity index (χ4n) is 5.14. The number of amides is 1. The number of halogens is 6. The number of piperazine rings is 1. The van der Waals surface area contributed by atoms with E-state index in [9.17, 15) is 31.1 Å². The van der Waals surface area contributed by atoms with E-state index in [2.05, 4.69) is 15.0 Å². The Hall–Kier alpha value is -3.16. The van der Waals surface area contributed by atoms with Gasteiger partial charge in [-0.2, -0.15) is 26.3 Å². The van der Waals surface area contributed by atoms with Crippen molar-refractivity contribution in [1.29, 1.82) is 0 Å². The third-order valence-corrected chi connectivity index (χ3v) is 7.25. The number of hydrogen-bond donors (Lipinski definition) is 0. The first kappa shape index (κ1) is 31.8. The number of morpholine rings is 1. The highest BCUT2D eigenvalue weighted by atomic mass is 19.4. The van der Waals surface area contributed by atoms with Crippen molar-refractivity contribution in [3.05, 3.63) is 70.8 Å². The van der Waals surface area contributed by atoms with Gasteiger partial charge in [0.15, 0.2) is 0 Å². The van der Waals surface area contributed by atoms with Gasteiger partial charge in [0.1, 0.15) is 6.61 Å². The number of alkyl halides is 6. The van der Waals surface area contributed by atoms with Gasteiger partial charge in [0.25, 0.3) is 5.91 Å². The normalized spacial score (nSPS) is 19.6. The van der Waals surface area contributed by atoms with Crippen molar-refractivity contribution in [3.63, 3.8) is 0 Å². The smallest absolute Gasteiger partial charge is 0.394 e. The standard InChI is InChI=1S/C29H34F6N4O3/c1-21(36-42-14-11-37-9-12-41-13-10-37)19-38-7-8-39(26(20-38)15-22-5-3-2-4-6-22)27(40)23-16-24(28(30,31)32)18-25(17-23)29(33,34)35/h2-6,16-18,26H,7-15,19-20H2,1H3/b36-21+. The molecular weight excluding hydrogens is 566 g/mol. The zero-order valence-corrected chi connectivity index (χ0v) is 23.3. The van der Waals surface area contributed by atoms with E-state index in [4.69, 9.17) is 9.57 Å². The quantitative estimate of drug-likeness (QED) is 0.179. The van der Waals surface area contributed by atoms with Crippen LogP contribution in [0.1, 0.15) is 34.0 Å². The van der Waals surface area contributed by atoms with E-state index in [-0.39, 0.29) is 12.6 Å². The molecule has 2 heterocycles. The fraction of sp³-hybridized carbons (Fsp3) is 0.517. The number of carbonyl (C=O) groups is 1. The van der Waals surface area contributed by atoms with Gasteiger partial charge in [-0.05, 0) is 37.1 Å². The maximum atomic E-state index is 13.5. The van der Waals surface area contributed by atoms with Gasteiger partial charge in [-0.15, -0.1) is 0 Å². The molecular formula is C29H34F6N4O3. The predicted octanol–water partition coefficient (Wildman–Crippen LogP) is 4.82. The SMILES string of the molecule is C/C(CN1CCN(C(=O)c2cc(C(F)(F)F)cc(C(F)(F)F)c2)C(Cc2ccccc2)C1)=N\OCCN1CCOCC1. The van der Waals surface area contributed by atoms with E-state index in [0.29, 0.717) is 63.7 Å². The van der Waals surface area contributed by atoms with E-state index in [1.54, 1.807) is 0 Å². The Morgan fingerprint density at radius 1 is 0.929 bits per heavy atom. The summed E-state index contributed by atoms with van der Waals surface area (Å²) in [6, 6.07) is 9.74. The van der Waals surface area contributed by atoms with Crippen LogP contribution in [0.4, 0.5) is 26.3 Å². The first-order valence-corrected chi connectivity index (χ1v) is 13.7. The maximum Gasteiger partial charge on any atom is 0.416 e. The van der Waals surface area contributed by atoms with Gasteiger partial charge in [0.2, 0.25) is 0 Å². The summed E-state index contributed by atoms with van der Waals surface area (Å²) in [5.74, 6) is -0.871. The van der Waals surface area contributed by atoms with Gasteiger partial charge in [-0.1, -0.05) is 35.5 Å². The first-order valence-electron chi connectivity index (χ1n) is 13.7. The minimum Gasteiger partial charge on any atom is -0.394 e. The molecule has 42 heavy (non-hydrogen) atoms. The summed E-state index contributed by atoms with van der Waals surface area (Å²) in [5, 5.41) is 4.20. The number of oxime groups is 1. The molecule has 0 aromatic heterocycles. The van der Waals surface area contributed by atoms with Gasteiger partial charge in [-0.3, -0.25) is 14.6 Å². The highest BCUT2D eigenvalue weighted by Crippen LogP contribution is 2.37. The zero-order chi connectivity index (χ0) is 30.3. The second kappa shape index (κ2) is 13.9. The van der Waals surface area contributed by atoms with Crippen LogP contribution in [0.25, 0.3) is 0 Å². The van der Waals surface area contributed by atoms with Gasteiger partial charge >= 0.3 is 12.4 Å². The highest BCUT2D eigenvalue weighted by Gasteiger charge is 2.39. The van der Waals surface area contributed by atoms with Crippen LogP contribution >= 0.6 is 0 Å². The molecule has 2 saturated heterocycles. The Morgan fingerprint density at radius 3 is 2.19 bits per heavy atom. The van der Waals surface area contributed by atoms with Crippen molar-refractivity contribution < 1.29 is 40.7 Å². The Balaban J connectivity index is 1.47. The van der Waals surface area contributed by atoms with E-state index in [1.165, 1.54) is 4.90 Å². The molecule has 230 valence electrons. The van der Waals surface area contributed by atoms with Crippen molar-refractivity contribution in [2.45, 2.75) is 31.7 Å². The third kappa shape index (κ3) is 8.92. The van der Waals surface area contributed by atoms with E-state index >= 15 is 0 Å². The van der Waals surface area contributed by atoms with Crippen LogP contribution in [-0.4, -0.2) is 98.0 Å². The van der Waals surface area contributed by atoms with Crippen molar-refractivity contribution >= 4 is 11.6 Å². The lowest BCUT2D eigenvalue weighted by molar-refractivity contribution is -0.143. The summed E-state index contributed by atoms with van der Waals surface area (Å²) in [5.41, 5.74) is -2.07. The number of hydrogen-bond acceptors (Lipinski definition) is 6. The molecule has 0 aliphatic carbocycles. The molecule has 2 aliphatic heterocycles. The molecule has 0 radical (unpaired) electrons. The fourth-order valence-corrected chi connectivity index (χ4v) is 5.14. The Bertz CT molecular complexity index is 1180. The van der Waals surface area contributed by atoms with Gasteiger partial charge < -0.3 is 14.5 Å². The van der Waals surface area contributed by atoms with Gasteiger partial charge in [0, 0.05) is 57.4 Å². The number of rotatable bonds is 9. The molecule has 7 nitrogen and oxygen atoms in total. The molecule has 2 aromatic carbocycles. The van der Waals surface area contributed by atoms with Crippen LogP contribution in [0.15, 0.2) is 53.7 Å². The second-order valence-corrected chi connectivity index (χ2v) is 10.5. The Labute approximate surface area is 240 Å². The van der Waals surface area contributed by atoms with Crippen LogP contribution in [-0.2, 0) is 28.3 Å². The molecule has 0 saturated carbocycles. The molecule has 0 bridgehead atoms. The predicted molar refractivity (Wildman–Crippen MR) is 144 cm³/mol. The van der Waals surface area contributed by atoms with Gasteiger partial charge in [-0.25, -0.2) is 0 Å². The molecule has 0 spiro atoms. The lowest BCUT2D eigenvalue weighted by Crippen LogP contribution is -2.56. The Kier molecular flexibility index (Phi) is 10.5. The molecule has 1 atom stereocenters. The van der Waals surface area contributed by atoms with E-state index in [0.717, 1.165) is 25.2 Å². The molecule has 4 rings (SSSR count). The lowest BCUT2D eigenvalue weighted by Gasteiger charge is -2.41. The third-order valence-electron chi connectivity index (χ3n) is 7.25. The first-order chi connectivity index (χ1) is 19.9. The van der Waals surface area contributed by atoms with Crippen molar-refractivity contribution in [2.24, 2.45) is 5.16 Å². The Morgan fingerprint density at radius 2 is 1.57 bits per heavy atom. The summed E-state index contributed by atoms with van der Waals surface area (Å²) in [4.78, 5) is 24.6. The minimum absolute atomic E-state index is 0.0291. The molecule has 1 amide bonds. The molecule has 0 N–H and O–H groups in total. The van der Waals surface area contributed by atoms with E-state index in [1.807, 2.05) is 37.3 Å². The number of carbonyl (C=O) groups excluding carboxylic acids is 1. The second-order valence-electron chi connectivity index (χ2n) is 10.5. The van der Waals surface area contributed by atoms with Crippen molar-refractivity contribution in [2.75, 3.05) is 65.6 Å². The summed E-state index contributed by atoms with van der Waals surface area (Å²) in [6.45, 7) is 7.32. The minimum atomic E-state index is -5.04. The summed E-state index contributed by atoms with van der Waals surface area (Å²) in [7, 11) is 0. The average Bonchev–Trinajstić information content (AvgIpc) is 2.95. The van der Waals surface area contributed by atoms with Crippen LogP contribution in [0.2, 0.25) is 0 Å². The molecule has 2 aromatic rings. The van der Waals surface area contributed by atoms with Gasteiger partial charge in [0.05, 0.1) is 30.1 Å². The van der Waals surface area contributed by atoms with Crippen LogP contribution in [0.5, 0.6) is 0 Å². The molecule has 2 fully saturated rings. The molecule has 13 heteroatoms. The largest absolute Gasteiger partial charge is 0.416 e. The molecule has 2 aliphatic rings. The van der Waals surface area contributed by atoms with Crippen molar-refractivity contribution in [3.8, 4) is 0 Å².